The first-order valence-corrected chi connectivity index (χ1v) is 5.51. The lowest BCUT2D eigenvalue weighted by Gasteiger charge is -2.30. The Hall–Kier alpha value is -1.36. The first kappa shape index (κ1) is 13.7. The zero-order chi connectivity index (χ0) is 13.0. The number of benzene rings is 1. The summed E-state index contributed by atoms with van der Waals surface area (Å²) in [6, 6.07) is 2.17. The van der Waals surface area contributed by atoms with E-state index in [1.807, 2.05) is 18.7 Å². The van der Waals surface area contributed by atoms with Gasteiger partial charge in [0.15, 0.2) is 11.6 Å². The van der Waals surface area contributed by atoms with Crippen molar-refractivity contribution in [3.8, 4) is 0 Å². The highest BCUT2D eigenvalue weighted by atomic mass is 19.2. The van der Waals surface area contributed by atoms with E-state index in [1.54, 1.807) is 7.11 Å². The molecule has 1 aromatic carbocycles. The van der Waals surface area contributed by atoms with E-state index in [0.29, 0.717) is 18.8 Å². The number of anilines is 2. The third-order valence-electron chi connectivity index (χ3n) is 2.66. The van der Waals surface area contributed by atoms with Crippen LogP contribution >= 0.6 is 0 Å². The maximum absolute atomic E-state index is 13.2. The van der Waals surface area contributed by atoms with E-state index in [0.717, 1.165) is 12.1 Å². The molecule has 3 nitrogen and oxygen atoms in total. The van der Waals surface area contributed by atoms with E-state index in [4.69, 9.17) is 10.5 Å². The topological polar surface area (TPSA) is 38.5 Å². The molecule has 1 atom stereocenters. The Labute approximate surface area is 100 Å². The third-order valence-corrected chi connectivity index (χ3v) is 2.66. The molecule has 0 aliphatic rings. The monoisotopic (exact) mass is 244 g/mol. The SMILES string of the molecule is CCN(c1cc(F)c(F)cc1N)C(C)COC. The van der Waals surface area contributed by atoms with Crippen LogP contribution in [0.3, 0.4) is 0 Å². The second-order valence-corrected chi connectivity index (χ2v) is 3.92. The molecule has 96 valence electrons. The molecule has 0 aliphatic carbocycles. The van der Waals surface area contributed by atoms with Crippen molar-refractivity contribution in [3.05, 3.63) is 23.8 Å². The summed E-state index contributed by atoms with van der Waals surface area (Å²) in [5.74, 6) is -1.82. The average Bonchev–Trinajstić information content (AvgIpc) is 2.26. The average molecular weight is 244 g/mol. The second kappa shape index (κ2) is 5.82. The van der Waals surface area contributed by atoms with Crippen LogP contribution in [0.15, 0.2) is 12.1 Å². The molecule has 0 aliphatic heterocycles. The first-order valence-electron chi connectivity index (χ1n) is 5.51. The van der Waals surface area contributed by atoms with E-state index >= 15 is 0 Å². The highest BCUT2D eigenvalue weighted by Crippen LogP contribution is 2.27. The molecular formula is C12H18F2N2O. The number of hydrogen-bond acceptors (Lipinski definition) is 3. The summed E-state index contributed by atoms with van der Waals surface area (Å²) in [4.78, 5) is 1.88. The lowest BCUT2D eigenvalue weighted by molar-refractivity contribution is 0.182. The number of nitrogens with zero attached hydrogens (tertiary/aromatic N) is 1. The highest BCUT2D eigenvalue weighted by molar-refractivity contribution is 5.68. The smallest absolute Gasteiger partial charge is 0.161 e. The van der Waals surface area contributed by atoms with Crippen molar-refractivity contribution < 1.29 is 13.5 Å². The van der Waals surface area contributed by atoms with Gasteiger partial charge in [-0.15, -0.1) is 0 Å². The van der Waals surface area contributed by atoms with Gasteiger partial charge in [-0.25, -0.2) is 8.78 Å². The van der Waals surface area contributed by atoms with Gasteiger partial charge in [-0.1, -0.05) is 0 Å². The van der Waals surface area contributed by atoms with Gasteiger partial charge >= 0.3 is 0 Å². The summed E-state index contributed by atoms with van der Waals surface area (Å²) in [5, 5.41) is 0. The number of nitrogen functional groups attached to an aromatic ring is 1. The quantitative estimate of drug-likeness (QED) is 0.808. The minimum Gasteiger partial charge on any atom is -0.397 e. The zero-order valence-corrected chi connectivity index (χ0v) is 10.3. The van der Waals surface area contributed by atoms with E-state index in [9.17, 15) is 8.78 Å². The van der Waals surface area contributed by atoms with Crippen molar-refractivity contribution >= 4 is 11.4 Å². The Morgan fingerprint density at radius 3 is 2.47 bits per heavy atom. The van der Waals surface area contributed by atoms with Crippen molar-refractivity contribution in [1.29, 1.82) is 0 Å². The van der Waals surface area contributed by atoms with E-state index < -0.39 is 11.6 Å². The Morgan fingerprint density at radius 2 is 1.94 bits per heavy atom. The van der Waals surface area contributed by atoms with Crippen molar-refractivity contribution in [2.24, 2.45) is 0 Å². The number of likely N-dealkylation sites (N-methyl/N-ethyl adjacent to an activating group) is 1. The molecule has 1 rings (SSSR count). The largest absolute Gasteiger partial charge is 0.397 e. The number of rotatable bonds is 5. The van der Waals surface area contributed by atoms with Crippen LogP contribution in [-0.2, 0) is 4.74 Å². The summed E-state index contributed by atoms with van der Waals surface area (Å²) in [7, 11) is 1.60. The van der Waals surface area contributed by atoms with E-state index in [1.165, 1.54) is 0 Å². The van der Waals surface area contributed by atoms with Gasteiger partial charge in [0.25, 0.3) is 0 Å². The molecule has 0 amide bonds. The molecule has 0 radical (unpaired) electrons. The van der Waals surface area contributed by atoms with Gasteiger partial charge < -0.3 is 15.4 Å². The Balaban J connectivity index is 3.07. The molecule has 5 heteroatoms. The molecule has 0 saturated heterocycles. The summed E-state index contributed by atoms with van der Waals surface area (Å²) < 4.78 is 31.2. The van der Waals surface area contributed by atoms with E-state index in [-0.39, 0.29) is 11.7 Å². The lowest BCUT2D eigenvalue weighted by Crippen LogP contribution is -2.36. The molecule has 0 spiro atoms. The molecule has 1 aromatic rings. The number of ether oxygens (including phenoxy) is 1. The summed E-state index contributed by atoms with van der Waals surface area (Å²) in [6.07, 6.45) is 0. The molecule has 2 N–H and O–H groups in total. The molecule has 0 heterocycles. The predicted octanol–water partition coefficient (Wildman–Crippen LogP) is 2.41. The van der Waals surface area contributed by atoms with Gasteiger partial charge in [0.1, 0.15) is 0 Å². The minimum absolute atomic E-state index is 0.0390. The third kappa shape index (κ3) is 3.06. The Kier molecular flexibility index (Phi) is 4.69. The van der Waals surface area contributed by atoms with Crippen molar-refractivity contribution in [3.63, 3.8) is 0 Å². The number of halogens is 2. The molecule has 0 saturated carbocycles. The van der Waals surface area contributed by atoms with Crippen LogP contribution in [0.25, 0.3) is 0 Å². The van der Waals surface area contributed by atoms with Crippen LogP contribution in [-0.4, -0.2) is 26.3 Å². The van der Waals surface area contributed by atoms with Gasteiger partial charge in [0, 0.05) is 31.8 Å². The molecule has 0 aromatic heterocycles. The van der Waals surface area contributed by atoms with Gasteiger partial charge in [0.05, 0.1) is 18.0 Å². The van der Waals surface area contributed by atoms with Crippen LogP contribution in [0.1, 0.15) is 13.8 Å². The van der Waals surface area contributed by atoms with Crippen LogP contribution in [0.2, 0.25) is 0 Å². The Bertz CT molecular complexity index is 385. The lowest BCUT2D eigenvalue weighted by atomic mass is 10.2. The van der Waals surface area contributed by atoms with Crippen molar-refractivity contribution in [2.45, 2.75) is 19.9 Å². The molecule has 17 heavy (non-hydrogen) atoms. The highest BCUT2D eigenvalue weighted by Gasteiger charge is 2.17. The Morgan fingerprint density at radius 1 is 1.35 bits per heavy atom. The molecule has 0 fully saturated rings. The van der Waals surface area contributed by atoms with Gasteiger partial charge in [-0.2, -0.15) is 0 Å². The number of nitrogens with two attached hydrogens (primary N) is 1. The summed E-state index contributed by atoms with van der Waals surface area (Å²) in [6.45, 7) is 4.99. The first-order chi connectivity index (χ1) is 8.01. The standard InChI is InChI=1S/C12H18F2N2O/c1-4-16(8(2)7-17-3)12-6-10(14)9(13)5-11(12)15/h5-6,8H,4,7,15H2,1-3H3. The van der Waals surface area contributed by atoms with Crippen LogP contribution in [0.4, 0.5) is 20.2 Å². The number of methoxy groups -OCH3 is 1. The fourth-order valence-corrected chi connectivity index (χ4v) is 1.85. The second-order valence-electron chi connectivity index (χ2n) is 3.92. The van der Waals surface area contributed by atoms with Crippen LogP contribution in [0, 0.1) is 11.6 Å². The van der Waals surface area contributed by atoms with Crippen LogP contribution < -0.4 is 10.6 Å². The summed E-state index contributed by atoms with van der Waals surface area (Å²) in [5.41, 5.74) is 6.44. The minimum atomic E-state index is -0.929. The van der Waals surface area contributed by atoms with Crippen molar-refractivity contribution in [2.75, 3.05) is 30.9 Å². The van der Waals surface area contributed by atoms with Crippen molar-refractivity contribution in [1.82, 2.24) is 0 Å². The maximum atomic E-state index is 13.2. The van der Waals surface area contributed by atoms with Crippen LogP contribution in [0.5, 0.6) is 0 Å². The number of hydrogen-bond donors (Lipinski definition) is 1. The van der Waals surface area contributed by atoms with E-state index in [2.05, 4.69) is 0 Å². The summed E-state index contributed by atoms with van der Waals surface area (Å²) >= 11 is 0. The fraction of sp³-hybridized carbons (Fsp3) is 0.500. The van der Waals surface area contributed by atoms with Gasteiger partial charge in [-0.05, 0) is 13.8 Å². The normalized spacial score (nSPS) is 12.5. The molecular weight excluding hydrogens is 226 g/mol. The zero-order valence-electron chi connectivity index (χ0n) is 10.3. The van der Waals surface area contributed by atoms with Gasteiger partial charge in [0.2, 0.25) is 0 Å². The fourth-order valence-electron chi connectivity index (χ4n) is 1.85. The molecule has 0 bridgehead atoms. The molecule has 1 unspecified atom stereocenters. The van der Waals surface area contributed by atoms with Gasteiger partial charge in [-0.3, -0.25) is 0 Å². The maximum Gasteiger partial charge on any atom is 0.161 e. The predicted molar refractivity (Wildman–Crippen MR) is 65.1 cm³/mol.